The molecule has 10 heavy (non-hydrogen) atoms. The van der Waals surface area contributed by atoms with Crippen molar-refractivity contribution in [3.8, 4) is 0 Å². The summed E-state index contributed by atoms with van der Waals surface area (Å²) in [4.78, 5) is 0. The summed E-state index contributed by atoms with van der Waals surface area (Å²) in [5.41, 5.74) is 5.23. The Bertz CT molecular complexity index is 51.7. The maximum absolute atomic E-state index is 5.23. The Morgan fingerprint density at radius 1 is 1.10 bits per heavy atom. The van der Waals surface area contributed by atoms with Crippen molar-refractivity contribution >= 4 is 0 Å². The van der Waals surface area contributed by atoms with Gasteiger partial charge in [0, 0.05) is 0 Å². The van der Waals surface area contributed by atoms with Crippen molar-refractivity contribution in [3.05, 3.63) is 0 Å². The molecule has 1 heteroatoms. The van der Waals surface area contributed by atoms with Crippen LogP contribution in [-0.4, -0.2) is 6.54 Å². The lowest BCUT2D eigenvalue weighted by Gasteiger charge is -2.05. The van der Waals surface area contributed by atoms with Gasteiger partial charge in [-0.15, -0.1) is 0 Å². The van der Waals surface area contributed by atoms with E-state index in [0.717, 1.165) is 18.9 Å². The zero-order valence-electron chi connectivity index (χ0n) is 7.40. The molecule has 1 aliphatic rings. The second kappa shape index (κ2) is 7.07. The van der Waals surface area contributed by atoms with E-state index in [1.165, 1.54) is 25.7 Å². The molecule has 0 unspecified atom stereocenters. The van der Waals surface area contributed by atoms with Crippen LogP contribution >= 0.6 is 0 Å². The Hall–Kier alpha value is -0.0400. The minimum Gasteiger partial charge on any atom is -0.330 e. The molecular formula is C9H21N. The molecule has 62 valence electrons. The van der Waals surface area contributed by atoms with Gasteiger partial charge in [-0.05, 0) is 18.9 Å². The molecule has 0 atom stereocenters. The first-order chi connectivity index (χ1) is 4.77. The van der Waals surface area contributed by atoms with Gasteiger partial charge in [-0.1, -0.05) is 39.5 Å². The van der Waals surface area contributed by atoms with Gasteiger partial charge >= 0.3 is 0 Å². The highest BCUT2D eigenvalue weighted by atomic mass is 14.5. The largest absolute Gasteiger partial charge is 0.330 e. The Morgan fingerprint density at radius 2 is 1.50 bits per heavy atom. The minimum atomic E-state index is 0.773. The summed E-state index contributed by atoms with van der Waals surface area (Å²) in [6.45, 7) is 5.18. The summed E-state index contributed by atoms with van der Waals surface area (Å²) in [5.74, 6) is 0.773. The Labute approximate surface area is 65.0 Å². The molecule has 0 saturated heterocycles. The first kappa shape index (κ1) is 9.96. The summed E-state index contributed by atoms with van der Waals surface area (Å²) < 4.78 is 0. The molecule has 1 fully saturated rings. The van der Waals surface area contributed by atoms with Gasteiger partial charge in [-0.25, -0.2) is 0 Å². The molecule has 0 aromatic carbocycles. The highest BCUT2D eigenvalue weighted by Crippen LogP contribution is 2.15. The van der Waals surface area contributed by atoms with E-state index in [2.05, 4.69) is 13.8 Å². The molecule has 0 heterocycles. The van der Waals surface area contributed by atoms with Crippen molar-refractivity contribution in [2.24, 2.45) is 11.7 Å². The second-order valence-electron chi connectivity index (χ2n) is 3.39. The fourth-order valence-corrected chi connectivity index (χ4v) is 0.583. The standard InChI is InChI=1S/C5H13N.C4H8/c1-5(2)3-4-6;1-2-4-3-1/h5H,3-4,6H2,1-2H3;1-4H2. The molecule has 0 bridgehead atoms. The zero-order chi connectivity index (χ0) is 7.82. The van der Waals surface area contributed by atoms with E-state index in [4.69, 9.17) is 5.73 Å². The quantitative estimate of drug-likeness (QED) is 0.631. The number of hydrogen-bond acceptors (Lipinski definition) is 1. The molecule has 0 aliphatic heterocycles. The molecule has 1 rings (SSSR count). The van der Waals surface area contributed by atoms with Crippen molar-refractivity contribution < 1.29 is 0 Å². The molecule has 1 aliphatic carbocycles. The first-order valence-corrected chi connectivity index (χ1v) is 4.47. The molecule has 0 aromatic heterocycles. The van der Waals surface area contributed by atoms with Gasteiger partial charge in [-0.2, -0.15) is 0 Å². The van der Waals surface area contributed by atoms with Crippen molar-refractivity contribution in [2.75, 3.05) is 6.54 Å². The van der Waals surface area contributed by atoms with E-state index in [9.17, 15) is 0 Å². The highest BCUT2D eigenvalue weighted by Gasteiger charge is 1.95. The first-order valence-electron chi connectivity index (χ1n) is 4.47. The van der Waals surface area contributed by atoms with Gasteiger partial charge in [0.2, 0.25) is 0 Å². The van der Waals surface area contributed by atoms with E-state index >= 15 is 0 Å². The predicted molar refractivity (Wildman–Crippen MR) is 47.0 cm³/mol. The van der Waals surface area contributed by atoms with Crippen LogP contribution in [0.2, 0.25) is 0 Å². The topological polar surface area (TPSA) is 26.0 Å². The SMILES string of the molecule is C1CCC1.CC(C)CCN. The Kier molecular flexibility index (Phi) is 7.04. The van der Waals surface area contributed by atoms with Gasteiger partial charge in [0.25, 0.3) is 0 Å². The molecule has 2 N–H and O–H groups in total. The summed E-state index contributed by atoms with van der Waals surface area (Å²) in [6.07, 6.45) is 7.15. The lowest BCUT2D eigenvalue weighted by molar-refractivity contribution is 0.504. The summed E-state index contributed by atoms with van der Waals surface area (Å²) in [6, 6.07) is 0. The van der Waals surface area contributed by atoms with Gasteiger partial charge < -0.3 is 5.73 Å². The van der Waals surface area contributed by atoms with E-state index in [1.807, 2.05) is 0 Å². The number of rotatable bonds is 2. The average molecular weight is 143 g/mol. The summed E-state index contributed by atoms with van der Waals surface area (Å²) in [5, 5.41) is 0. The lowest BCUT2D eigenvalue weighted by Crippen LogP contribution is -2.01. The third-order valence-electron chi connectivity index (χ3n) is 1.74. The summed E-state index contributed by atoms with van der Waals surface area (Å²) >= 11 is 0. The molecule has 0 radical (unpaired) electrons. The van der Waals surface area contributed by atoms with Gasteiger partial charge in [-0.3, -0.25) is 0 Å². The van der Waals surface area contributed by atoms with Crippen LogP contribution in [0.25, 0.3) is 0 Å². The molecule has 1 nitrogen and oxygen atoms in total. The van der Waals surface area contributed by atoms with Crippen molar-refractivity contribution in [2.45, 2.75) is 46.0 Å². The number of nitrogens with two attached hydrogens (primary N) is 1. The fourth-order valence-electron chi connectivity index (χ4n) is 0.583. The van der Waals surface area contributed by atoms with Crippen LogP contribution in [0.5, 0.6) is 0 Å². The second-order valence-corrected chi connectivity index (χ2v) is 3.39. The highest BCUT2D eigenvalue weighted by molar-refractivity contribution is 4.50. The molecule has 1 saturated carbocycles. The van der Waals surface area contributed by atoms with Crippen LogP contribution < -0.4 is 5.73 Å². The predicted octanol–water partition coefficient (Wildman–Crippen LogP) is 2.55. The average Bonchev–Trinajstić information content (AvgIpc) is 1.58. The van der Waals surface area contributed by atoms with Crippen molar-refractivity contribution in [3.63, 3.8) is 0 Å². The van der Waals surface area contributed by atoms with Gasteiger partial charge in [0.15, 0.2) is 0 Å². The van der Waals surface area contributed by atoms with Crippen LogP contribution in [0.4, 0.5) is 0 Å². The van der Waals surface area contributed by atoms with Gasteiger partial charge in [0.05, 0.1) is 0 Å². The third kappa shape index (κ3) is 7.96. The molecule has 0 spiro atoms. The van der Waals surface area contributed by atoms with Crippen LogP contribution in [0, 0.1) is 5.92 Å². The maximum atomic E-state index is 5.23. The lowest BCUT2D eigenvalue weighted by atomic mass is 10.0. The maximum Gasteiger partial charge on any atom is -0.00748 e. The van der Waals surface area contributed by atoms with Crippen LogP contribution in [-0.2, 0) is 0 Å². The Morgan fingerprint density at radius 3 is 1.50 bits per heavy atom. The van der Waals surface area contributed by atoms with Gasteiger partial charge in [0.1, 0.15) is 0 Å². The van der Waals surface area contributed by atoms with E-state index in [0.29, 0.717) is 0 Å². The van der Waals surface area contributed by atoms with Crippen LogP contribution in [0.3, 0.4) is 0 Å². The minimum absolute atomic E-state index is 0.773. The monoisotopic (exact) mass is 143 g/mol. The van der Waals surface area contributed by atoms with E-state index in [1.54, 1.807) is 0 Å². The van der Waals surface area contributed by atoms with E-state index in [-0.39, 0.29) is 0 Å². The van der Waals surface area contributed by atoms with Crippen molar-refractivity contribution in [1.29, 1.82) is 0 Å². The normalized spacial score (nSPS) is 15.6. The Balaban J connectivity index is 0.000000172. The number of hydrogen-bond donors (Lipinski definition) is 1. The molecule has 0 amide bonds. The van der Waals surface area contributed by atoms with Crippen molar-refractivity contribution in [1.82, 2.24) is 0 Å². The molecular weight excluding hydrogens is 122 g/mol. The van der Waals surface area contributed by atoms with Crippen LogP contribution in [0.15, 0.2) is 0 Å². The molecule has 0 aromatic rings. The van der Waals surface area contributed by atoms with E-state index < -0.39 is 0 Å². The third-order valence-corrected chi connectivity index (χ3v) is 1.74. The fraction of sp³-hybridized carbons (Fsp3) is 1.00. The van der Waals surface area contributed by atoms with Crippen LogP contribution in [0.1, 0.15) is 46.0 Å². The zero-order valence-corrected chi connectivity index (χ0v) is 7.40. The summed E-state index contributed by atoms with van der Waals surface area (Å²) in [7, 11) is 0. The smallest absolute Gasteiger partial charge is 0.00748 e.